The second kappa shape index (κ2) is 4.66. The Balaban J connectivity index is 2.63. The summed E-state index contributed by atoms with van der Waals surface area (Å²) in [7, 11) is 0. The van der Waals surface area contributed by atoms with Gasteiger partial charge >= 0.3 is 0 Å². The van der Waals surface area contributed by atoms with Gasteiger partial charge in [-0.05, 0) is 30.5 Å². The molecule has 0 bridgehead atoms. The van der Waals surface area contributed by atoms with Crippen LogP contribution >= 0.6 is 15.9 Å². The molecule has 0 spiro atoms. The van der Waals surface area contributed by atoms with E-state index >= 15 is 0 Å². The fourth-order valence-electron chi connectivity index (χ4n) is 1.68. The van der Waals surface area contributed by atoms with Gasteiger partial charge in [0.05, 0.1) is 0 Å². The van der Waals surface area contributed by atoms with Gasteiger partial charge in [-0.25, -0.2) is 0 Å². The van der Waals surface area contributed by atoms with E-state index in [1.807, 2.05) is 4.90 Å². The summed E-state index contributed by atoms with van der Waals surface area (Å²) in [5.41, 5.74) is 0. The summed E-state index contributed by atoms with van der Waals surface area (Å²) in [5, 5.41) is 0. The lowest BCUT2D eigenvalue weighted by Crippen LogP contribution is -2.44. The number of hydrogen-bond donors (Lipinski definition) is 0. The minimum Gasteiger partial charge on any atom is -0.329 e. The van der Waals surface area contributed by atoms with Gasteiger partial charge in [-0.2, -0.15) is 0 Å². The predicted octanol–water partition coefficient (Wildman–Crippen LogP) is 1.99. The van der Waals surface area contributed by atoms with Gasteiger partial charge in [-0.3, -0.25) is 4.79 Å². The van der Waals surface area contributed by atoms with Gasteiger partial charge in [-0.15, -0.1) is 0 Å². The van der Waals surface area contributed by atoms with Crippen LogP contribution in [0.15, 0.2) is 0 Å². The van der Waals surface area contributed by atoms with Crippen molar-refractivity contribution in [3.63, 3.8) is 0 Å². The molecule has 1 heterocycles. The van der Waals surface area contributed by atoms with Gasteiger partial charge in [0.2, 0.25) is 0 Å². The maximum absolute atomic E-state index is 11.5. The van der Waals surface area contributed by atoms with Crippen molar-refractivity contribution in [1.29, 1.82) is 0 Å². The van der Waals surface area contributed by atoms with E-state index in [1.165, 1.54) is 6.42 Å². The van der Waals surface area contributed by atoms with Crippen LogP contribution in [0.4, 0.5) is 0 Å². The highest BCUT2D eigenvalue weighted by Gasteiger charge is 2.25. The summed E-state index contributed by atoms with van der Waals surface area (Å²) in [6.45, 7) is 5.11. The van der Waals surface area contributed by atoms with E-state index in [0.717, 1.165) is 13.0 Å². The summed E-state index contributed by atoms with van der Waals surface area (Å²) in [4.78, 5) is 15.8. The van der Waals surface area contributed by atoms with Crippen LogP contribution in [-0.2, 0) is 4.79 Å². The monoisotopic (exact) mass is 243 g/mol. The smallest absolute Gasteiger partial charge is 0.299 e. The van der Waals surface area contributed by atoms with Crippen LogP contribution in [0.1, 0.15) is 26.7 Å². The number of likely N-dealkylation sites (tertiary alicyclic amines) is 1. The summed E-state index contributed by atoms with van der Waals surface area (Å²) in [6.07, 6.45) is 2.31. The first-order chi connectivity index (χ1) is 6.15. The van der Waals surface area contributed by atoms with E-state index < -0.39 is 0 Å². The summed E-state index contributed by atoms with van der Waals surface area (Å²) in [5.74, 6) is 3.07. The summed E-state index contributed by atoms with van der Waals surface area (Å²) in [6, 6.07) is 0.344. The van der Waals surface area contributed by atoms with Crippen molar-refractivity contribution in [3.8, 4) is 10.8 Å². The Bertz CT molecular complexity index is 253. The average molecular weight is 244 g/mol. The zero-order valence-electron chi connectivity index (χ0n) is 8.01. The number of piperidine rings is 1. The van der Waals surface area contributed by atoms with Gasteiger partial charge in [-0.1, -0.05) is 6.92 Å². The molecule has 1 saturated heterocycles. The van der Waals surface area contributed by atoms with Gasteiger partial charge in [0, 0.05) is 34.4 Å². The number of carbonyl (C=O) groups excluding carboxylic acids is 1. The molecular formula is C10H14BrNO. The molecule has 0 radical (unpaired) electrons. The zero-order valence-corrected chi connectivity index (χ0v) is 9.60. The van der Waals surface area contributed by atoms with E-state index in [1.54, 1.807) is 0 Å². The van der Waals surface area contributed by atoms with Crippen molar-refractivity contribution in [2.75, 3.05) is 6.54 Å². The normalized spacial score (nSPS) is 27.8. The number of rotatable bonds is 0. The molecule has 0 aliphatic carbocycles. The molecule has 1 aliphatic heterocycles. The van der Waals surface area contributed by atoms with Crippen LogP contribution in [0.5, 0.6) is 0 Å². The molecule has 1 rings (SSSR count). The number of nitrogens with zero attached hydrogens (tertiary/aromatic N) is 1. The highest BCUT2D eigenvalue weighted by atomic mass is 79.9. The standard InChI is InChI=1S/C10H14BrNO/c1-8-3-4-9(2)12(7-8)10(13)5-6-11/h8-9H,3-4,7H2,1-2H3. The molecule has 2 nitrogen and oxygen atoms in total. The zero-order chi connectivity index (χ0) is 9.84. The highest BCUT2D eigenvalue weighted by molar-refractivity contribution is 9.12. The molecule has 2 atom stereocenters. The molecule has 0 aromatic carbocycles. The Morgan fingerprint density at radius 3 is 2.77 bits per heavy atom. The molecule has 2 unspecified atom stereocenters. The molecule has 72 valence electrons. The van der Waals surface area contributed by atoms with Gasteiger partial charge < -0.3 is 4.90 Å². The number of carbonyl (C=O) groups is 1. The van der Waals surface area contributed by atoms with E-state index in [-0.39, 0.29) is 5.91 Å². The first kappa shape index (κ1) is 10.6. The Kier molecular flexibility index (Phi) is 3.80. The van der Waals surface area contributed by atoms with Crippen molar-refractivity contribution in [3.05, 3.63) is 0 Å². The van der Waals surface area contributed by atoms with Crippen molar-refractivity contribution in [2.45, 2.75) is 32.7 Å². The first-order valence-corrected chi connectivity index (χ1v) is 5.36. The average Bonchev–Trinajstić information content (AvgIpc) is 2.09. The lowest BCUT2D eigenvalue weighted by atomic mass is 9.95. The minimum absolute atomic E-state index is 0.0593. The largest absolute Gasteiger partial charge is 0.329 e. The molecule has 0 N–H and O–H groups in total. The Labute approximate surface area is 87.8 Å². The first-order valence-electron chi connectivity index (χ1n) is 4.57. The lowest BCUT2D eigenvalue weighted by molar-refractivity contribution is -0.129. The quantitative estimate of drug-likeness (QED) is 0.597. The van der Waals surface area contributed by atoms with Gasteiger partial charge in [0.1, 0.15) is 0 Å². The maximum Gasteiger partial charge on any atom is 0.299 e. The van der Waals surface area contributed by atoms with Crippen LogP contribution in [0.2, 0.25) is 0 Å². The van der Waals surface area contributed by atoms with E-state index in [0.29, 0.717) is 12.0 Å². The van der Waals surface area contributed by atoms with Crippen LogP contribution in [0, 0.1) is 16.7 Å². The Hall–Kier alpha value is -0.490. The van der Waals surface area contributed by atoms with Crippen molar-refractivity contribution in [1.82, 2.24) is 4.90 Å². The molecule has 1 amide bonds. The van der Waals surface area contributed by atoms with Crippen LogP contribution in [0.3, 0.4) is 0 Å². The fourth-order valence-corrected chi connectivity index (χ4v) is 1.85. The van der Waals surface area contributed by atoms with Crippen LogP contribution in [-0.4, -0.2) is 23.4 Å². The van der Waals surface area contributed by atoms with E-state index in [9.17, 15) is 4.79 Å². The fraction of sp³-hybridized carbons (Fsp3) is 0.700. The van der Waals surface area contributed by atoms with Crippen molar-refractivity contribution in [2.24, 2.45) is 5.92 Å². The third-order valence-corrected chi connectivity index (χ3v) is 2.73. The third-order valence-electron chi connectivity index (χ3n) is 2.53. The molecule has 0 aromatic rings. The lowest BCUT2D eigenvalue weighted by Gasteiger charge is -2.35. The molecule has 13 heavy (non-hydrogen) atoms. The second-order valence-corrected chi connectivity index (χ2v) is 4.11. The molecule has 1 fully saturated rings. The molecule has 0 saturated carbocycles. The van der Waals surface area contributed by atoms with Gasteiger partial charge in [0.15, 0.2) is 0 Å². The SMILES string of the molecule is CC1CCC(C)N(C(=O)C#CBr)C1. The van der Waals surface area contributed by atoms with E-state index in [2.05, 4.69) is 40.5 Å². The second-order valence-electron chi connectivity index (χ2n) is 3.71. The van der Waals surface area contributed by atoms with Crippen LogP contribution < -0.4 is 0 Å². The van der Waals surface area contributed by atoms with Crippen LogP contribution in [0.25, 0.3) is 0 Å². The van der Waals surface area contributed by atoms with E-state index in [4.69, 9.17) is 0 Å². The number of hydrogen-bond acceptors (Lipinski definition) is 1. The van der Waals surface area contributed by atoms with Gasteiger partial charge in [0.25, 0.3) is 5.91 Å². The third kappa shape index (κ3) is 2.73. The predicted molar refractivity (Wildman–Crippen MR) is 56.3 cm³/mol. The molecule has 0 aromatic heterocycles. The Morgan fingerprint density at radius 1 is 1.46 bits per heavy atom. The maximum atomic E-state index is 11.5. The summed E-state index contributed by atoms with van der Waals surface area (Å²) < 4.78 is 0. The molecular weight excluding hydrogens is 230 g/mol. The summed E-state index contributed by atoms with van der Waals surface area (Å²) >= 11 is 2.94. The van der Waals surface area contributed by atoms with Crippen molar-refractivity contribution < 1.29 is 4.79 Å². The molecule has 3 heteroatoms. The number of amides is 1. The van der Waals surface area contributed by atoms with Crippen molar-refractivity contribution >= 4 is 21.8 Å². The topological polar surface area (TPSA) is 20.3 Å². The Morgan fingerprint density at radius 2 is 2.15 bits per heavy atom. The molecule has 1 aliphatic rings. The highest BCUT2D eigenvalue weighted by Crippen LogP contribution is 2.20. The minimum atomic E-state index is -0.0593. The number of halogens is 1.